The largest absolute Gasteiger partial charge is 0.326 e. The average Bonchev–Trinajstić information content (AvgIpc) is 2.97. The normalized spacial score (nSPS) is 32.8. The van der Waals surface area contributed by atoms with Gasteiger partial charge in [0.15, 0.2) is 6.04 Å². The van der Waals surface area contributed by atoms with Crippen molar-refractivity contribution < 1.29 is 14.1 Å². The van der Waals surface area contributed by atoms with Crippen LogP contribution in [0.25, 0.3) is 0 Å². The van der Waals surface area contributed by atoms with Crippen molar-refractivity contribution in [3.05, 3.63) is 35.6 Å². The Balaban J connectivity index is 1.78. The molecule has 0 aromatic heterocycles. The fraction of sp³-hybridized carbons (Fsp3) is 0.529. The first kappa shape index (κ1) is 13.9. The van der Waals surface area contributed by atoms with E-state index in [2.05, 4.69) is 0 Å². The van der Waals surface area contributed by atoms with Crippen molar-refractivity contribution in [3.8, 4) is 0 Å². The number of nitrogens with zero attached hydrogens (tertiary/aromatic N) is 2. The maximum atomic E-state index is 13.7. The van der Waals surface area contributed by atoms with E-state index in [1.165, 1.54) is 16.7 Å². The summed E-state index contributed by atoms with van der Waals surface area (Å²) in [6.07, 6.45) is 2.75. The Labute approximate surface area is 129 Å². The van der Waals surface area contributed by atoms with Crippen LogP contribution < -0.4 is 4.90 Å². The molecule has 0 spiro atoms. The van der Waals surface area contributed by atoms with Gasteiger partial charge in [0, 0.05) is 25.2 Å². The van der Waals surface area contributed by atoms with E-state index in [4.69, 9.17) is 5.10 Å². The molecule has 4 aliphatic rings. The van der Waals surface area contributed by atoms with Crippen molar-refractivity contribution in [1.82, 2.24) is 5.01 Å². The number of hydrogen-bond donors (Lipinski definition) is 1. The third kappa shape index (κ3) is 1.99. The van der Waals surface area contributed by atoms with Crippen LogP contribution in [0.5, 0.6) is 0 Å². The molecule has 116 valence electrons. The van der Waals surface area contributed by atoms with Crippen LogP contribution in [0, 0.1) is 11.7 Å². The Morgan fingerprint density at radius 2 is 2.18 bits per heavy atom. The van der Waals surface area contributed by atoms with Crippen LogP contribution in [0.3, 0.4) is 0 Å². The van der Waals surface area contributed by atoms with Crippen LogP contribution in [-0.2, 0) is 4.79 Å². The predicted octanol–water partition coefficient (Wildman–Crippen LogP) is 1.15. The van der Waals surface area contributed by atoms with Gasteiger partial charge in [-0.15, -0.1) is 0 Å². The number of benzene rings is 1. The second-order valence-electron chi connectivity index (χ2n) is 6.53. The lowest BCUT2D eigenvalue weighted by Gasteiger charge is -2.42. The highest BCUT2D eigenvalue weighted by Gasteiger charge is 2.54. The number of amides is 1. The molecule has 4 nitrogen and oxygen atoms in total. The third-order valence-corrected chi connectivity index (χ3v) is 5.36. The van der Waals surface area contributed by atoms with Gasteiger partial charge in [-0.1, -0.05) is 19.1 Å². The summed E-state index contributed by atoms with van der Waals surface area (Å²) in [6.45, 7) is 4.12. The smallest absolute Gasteiger partial charge is 0.243 e. The molecule has 2 bridgehead atoms. The molecule has 0 radical (unpaired) electrons. The Hall–Kier alpha value is -1.75. The van der Waals surface area contributed by atoms with Gasteiger partial charge < -0.3 is 4.90 Å². The highest BCUT2D eigenvalue weighted by atomic mass is 19.1. The molecule has 4 aliphatic heterocycles. The molecule has 1 amide bonds. The first-order chi connectivity index (χ1) is 10.7. The SMILES string of the molecule is CCC(=O)N1N=C2C3CC[NH+](CC3)[C@@H]2[C@@H]1c1cccc(F)c1. The summed E-state index contributed by atoms with van der Waals surface area (Å²) in [6, 6.07) is 6.73. The fourth-order valence-electron chi connectivity index (χ4n) is 4.31. The van der Waals surface area contributed by atoms with Crippen molar-refractivity contribution in [3.63, 3.8) is 0 Å². The summed E-state index contributed by atoms with van der Waals surface area (Å²) in [5.74, 6) is 0.283. The van der Waals surface area contributed by atoms with Gasteiger partial charge in [0.2, 0.25) is 5.91 Å². The van der Waals surface area contributed by atoms with E-state index in [1.54, 1.807) is 17.1 Å². The van der Waals surface area contributed by atoms with Crippen molar-refractivity contribution >= 4 is 11.6 Å². The predicted molar refractivity (Wildman–Crippen MR) is 80.9 cm³/mol. The fourth-order valence-corrected chi connectivity index (χ4v) is 4.31. The monoisotopic (exact) mass is 302 g/mol. The van der Waals surface area contributed by atoms with Gasteiger partial charge in [-0.05, 0) is 17.7 Å². The molecule has 5 rings (SSSR count). The summed E-state index contributed by atoms with van der Waals surface area (Å²) in [4.78, 5) is 13.9. The van der Waals surface area contributed by atoms with Crippen molar-refractivity contribution in [2.45, 2.75) is 38.3 Å². The Bertz CT molecular complexity index is 637. The molecule has 4 heterocycles. The van der Waals surface area contributed by atoms with Crippen LogP contribution >= 0.6 is 0 Å². The van der Waals surface area contributed by atoms with Gasteiger partial charge in [0.25, 0.3) is 0 Å². The van der Waals surface area contributed by atoms with Gasteiger partial charge in [0.05, 0.1) is 13.1 Å². The molecule has 0 unspecified atom stereocenters. The van der Waals surface area contributed by atoms with E-state index in [1.807, 2.05) is 13.0 Å². The zero-order valence-electron chi connectivity index (χ0n) is 12.8. The zero-order chi connectivity index (χ0) is 15.3. The molecule has 1 aromatic rings. The number of hydrogen-bond acceptors (Lipinski definition) is 2. The van der Waals surface area contributed by atoms with Gasteiger partial charge in [0.1, 0.15) is 17.6 Å². The van der Waals surface area contributed by atoms with Crippen molar-refractivity contribution in [1.29, 1.82) is 0 Å². The molecule has 2 atom stereocenters. The molecule has 5 heteroatoms. The lowest BCUT2D eigenvalue weighted by Crippen LogP contribution is -3.20. The van der Waals surface area contributed by atoms with E-state index < -0.39 is 0 Å². The average molecular weight is 302 g/mol. The lowest BCUT2D eigenvalue weighted by atomic mass is 9.78. The number of halogens is 1. The van der Waals surface area contributed by atoms with Crippen LogP contribution in [-0.4, -0.2) is 35.8 Å². The molecule has 1 aromatic carbocycles. The summed E-state index contributed by atoms with van der Waals surface area (Å²) in [5, 5.41) is 6.35. The molecule has 0 saturated carbocycles. The van der Waals surface area contributed by atoms with Crippen LogP contribution in [0.2, 0.25) is 0 Å². The summed E-state index contributed by atoms with van der Waals surface area (Å²) < 4.78 is 13.7. The minimum atomic E-state index is -0.249. The Morgan fingerprint density at radius 1 is 1.41 bits per heavy atom. The van der Waals surface area contributed by atoms with Crippen LogP contribution in [0.15, 0.2) is 29.4 Å². The molecule has 1 N–H and O–H groups in total. The number of carbonyl (C=O) groups is 1. The van der Waals surface area contributed by atoms with E-state index in [9.17, 15) is 9.18 Å². The zero-order valence-corrected chi connectivity index (χ0v) is 12.8. The summed E-state index contributed by atoms with van der Waals surface area (Å²) in [5.41, 5.74) is 2.04. The maximum absolute atomic E-state index is 13.7. The van der Waals surface area contributed by atoms with Gasteiger partial charge >= 0.3 is 0 Å². The number of hydrazone groups is 1. The van der Waals surface area contributed by atoms with Crippen molar-refractivity contribution in [2.24, 2.45) is 11.0 Å². The first-order valence-corrected chi connectivity index (χ1v) is 8.19. The van der Waals surface area contributed by atoms with Crippen LogP contribution in [0.4, 0.5) is 4.39 Å². The first-order valence-electron chi connectivity index (χ1n) is 8.19. The number of piperidine rings is 3. The number of fused-ring (bicyclic) bond motifs is 2. The lowest BCUT2D eigenvalue weighted by molar-refractivity contribution is -0.927. The van der Waals surface area contributed by atoms with E-state index >= 15 is 0 Å². The summed E-state index contributed by atoms with van der Waals surface area (Å²) >= 11 is 0. The van der Waals surface area contributed by atoms with Crippen molar-refractivity contribution in [2.75, 3.05) is 13.1 Å². The highest BCUT2D eigenvalue weighted by Crippen LogP contribution is 2.37. The highest BCUT2D eigenvalue weighted by molar-refractivity contribution is 5.96. The maximum Gasteiger partial charge on any atom is 0.243 e. The minimum Gasteiger partial charge on any atom is -0.326 e. The number of nitrogens with one attached hydrogen (secondary N) is 1. The standard InChI is InChI=1S/C17H20FN3O/c1-2-14(22)21-16(12-4-3-5-13(18)10-12)17-15(19-21)11-6-8-20(17)9-7-11/h3-5,10-11,16-17H,2,6-9H2,1H3/p+1/t16-,17-/m0/s1. The second kappa shape index (κ2) is 5.16. The topological polar surface area (TPSA) is 37.1 Å². The summed E-state index contributed by atoms with van der Waals surface area (Å²) in [7, 11) is 0. The number of rotatable bonds is 2. The molecular weight excluding hydrogens is 281 g/mol. The quantitative estimate of drug-likeness (QED) is 0.874. The Kier molecular flexibility index (Phi) is 3.26. The van der Waals surface area contributed by atoms with E-state index in [0.29, 0.717) is 12.3 Å². The Morgan fingerprint density at radius 3 is 2.86 bits per heavy atom. The number of carbonyl (C=O) groups excluding carboxylic acids is 1. The molecule has 0 aliphatic carbocycles. The van der Waals surface area contributed by atoms with Gasteiger partial charge in [-0.25, -0.2) is 9.40 Å². The van der Waals surface area contributed by atoms with Gasteiger partial charge in [-0.2, -0.15) is 5.10 Å². The van der Waals surface area contributed by atoms with E-state index in [-0.39, 0.29) is 23.8 Å². The number of quaternary nitrogens is 1. The van der Waals surface area contributed by atoms with E-state index in [0.717, 1.165) is 31.5 Å². The van der Waals surface area contributed by atoms with Crippen LogP contribution in [0.1, 0.15) is 37.8 Å². The molecule has 22 heavy (non-hydrogen) atoms. The third-order valence-electron chi connectivity index (χ3n) is 5.36. The molecule has 3 saturated heterocycles. The molecular formula is C17H21FN3O+. The molecule has 3 fully saturated rings. The second-order valence-corrected chi connectivity index (χ2v) is 6.53. The van der Waals surface area contributed by atoms with Gasteiger partial charge in [-0.3, -0.25) is 4.79 Å². The minimum absolute atomic E-state index is 0.0242.